The van der Waals surface area contributed by atoms with Gasteiger partial charge in [-0.25, -0.2) is 0 Å². The highest BCUT2D eigenvalue weighted by Gasteiger charge is 2.52. The van der Waals surface area contributed by atoms with E-state index in [1.807, 2.05) is 0 Å². The minimum atomic E-state index is -1.84. The van der Waals surface area contributed by atoms with Crippen molar-refractivity contribution in [3.8, 4) is 34.3 Å². The molecule has 48 heavy (non-hydrogen) atoms. The fraction of sp³-hybridized carbons (Fsp3) is 0.500. The third-order valence-electron chi connectivity index (χ3n) is 8.40. The number of esters is 1. The quantitative estimate of drug-likeness (QED) is 0.165. The number of hydrogen-bond acceptors (Lipinski definition) is 16. The Morgan fingerprint density at radius 2 is 1.52 bits per heavy atom. The van der Waals surface area contributed by atoms with Gasteiger partial charge >= 0.3 is 5.97 Å². The van der Waals surface area contributed by atoms with Crippen molar-refractivity contribution in [1.29, 1.82) is 0 Å². The monoisotopic (exact) mass is 678 g/mol. The van der Waals surface area contributed by atoms with Gasteiger partial charge in [0.1, 0.15) is 83.7 Å². The third kappa shape index (κ3) is 6.53. The van der Waals surface area contributed by atoms with Gasteiger partial charge in [0.05, 0.1) is 33.0 Å². The predicted octanol–water partition coefficient (Wildman–Crippen LogP) is 0.129. The van der Waals surface area contributed by atoms with Gasteiger partial charge in [0.2, 0.25) is 0 Å². The molecule has 0 saturated carbocycles. The lowest BCUT2D eigenvalue weighted by molar-refractivity contribution is -0.338. The normalized spacial score (nSPS) is 30.5. The molecular weight excluding hydrogens is 640 g/mol. The number of phenolic OH excluding ortho intramolecular Hbond substituents is 1. The fourth-order valence-corrected chi connectivity index (χ4v) is 5.81. The summed E-state index contributed by atoms with van der Waals surface area (Å²) in [5.41, 5.74) is -0.535. The zero-order chi connectivity index (χ0) is 35.0. The third-order valence-corrected chi connectivity index (χ3v) is 8.40. The van der Waals surface area contributed by atoms with E-state index in [2.05, 4.69) is 0 Å². The number of fused-ring (bicyclic) bond motifs is 1. The minimum Gasteiger partial charge on any atom is -0.506 e. The summed E-state index contributed by atoms with van der Waals surface area (Å²) in [5.74, 6) is -0.542. The van der Waals surface area contributed by atoms with Crippen LogP contribution in [0.25, 0.3) is 22.3 Å². The molecule has 2 saturated heterocycles. The number of benzene rings is 2. The molecule has 2 fully saturated rings. The van der Waals surface area contributed by atoms with Crippen LogP contribution in [-0.4, -0.2) is 120 Å². The number of rotatable bonds is 9. The van der Waals surface area contributed by atoms with Crippen LogP contribution in [0.5, 0.6) is 23.0 Å². The average Bonchev–Trinajstić information content (AvgIpc) is 3.07. The topological polar surface area (TPSA) is 233 Å². The van der Waals surface area contributed by atoms with Crippen LogP contribution >= 0.6 is 0 Å². The van der Waals surface area contributed by atoms with Crippen LogP contribution in [0.2, 0.25) is 0 Å². The van der Waals surface area contributed by atoms with Crippen molar-refractivity contribution in [1.82, 2.24) is 0 Å². The van der Waals surface area contributed by atoms with E-state index in [1.54, 1.807) is 18.2 Å². The number of phenols is 1. The first-order valence-corrected chi connectivity index (χ1v) is 14.9. The van der Waals surface area contributed by atoms with Crippen LogP contribution in [-0.2, 0) is 23.7 Å². The maximum atomic E-state index is 13.6. The summed E-state index contributed by atoms with van der Waals surface area (Å²) in [7, 11) is 4.18. The molecule has 16 nitrogen and oxygen atoms in total. The van der Waals surface area contributed by atoms with Gasteiger partial charge in [-0.05, 0) is 25.1 Å². The molecule has 262 valence electrons. The molecule has 2 aliphatic heterocycles. The molecule has 2 aliphatic rings. The first kappa shape index (κ1) is 35.3. The first-order valence-electron chi connectivity index (χ1n) is 14.9. The van der Waals surface area contributed by atoms with Gasteiger partial charge in [0, 0.05) is 24.6 Å². The molecular formula is C32H38O16. The molecule has 0 aliphatic carbocycles. The van der Waals surface area contributed by atoms with Crippen LogP contribution < -0.4 is 19.6 Å². The molecule has 0 radical (unpaired) electrons. The Balaban J connectivity index is 1.62. The summed E-state index contributed by atoms with van der Waals surface area (Å²) >= 11 is 0. The van der Waals surface area contributed by atoms with Gasteiger partial charge in [-0.15, -0.1) is 0 Å². The van der Waals surface area contributed by atoms with Crippen molar-refractivity contribution in [2.45, 2.75) is 75.1 Å². The Hall–Kier alpha value is -4.00. The zero-order valence-electron chi connectivity index (χ0n) is 26.6. The van der Waals surface area contributed by atoms with Crippen molar-refractivity contribution in [3.63, 3.8) is 0 Å². The Morgan fingerprint density at radius 3 is 2.17 bits per heavy atom. The number of aromatic hydroxyl groups is 1. The lowest BCUT2D eigenvalue weighted by Crippen LogP contribution is -2.62. The van der Waals surface area contributed by atoms with Crippen LogP contribution in [0.4, 0.5) is 0 Å². The SMILES string of the molecule is COc1ccc(-c2cc(=O)c3c(O)c([C@@H]4O[C@H](COC(C)=O)[C@@H](O)[C@H](O)[C@H]4O[C@@H]4O[C@@H](C)[C@H](O)[C@@H](O)[C@H]4O)c(OC)cc3o2)cc1OC. The average molecular weight is 679 g/mol. The zero-order valence-corrected chi connectivity index (χ0v) is 26.6. The molecule has 6 N–H and O–H groups in total. The van der Waals surface area contributed by atoms with Crippen LogP contribution in [0, 0.1) is 0 Å². The van der Waals surface area contributed by atoms with Gasteiger partial charge in [-0.1, -0.05) is 0 Å². The van der Waals surface area contributed by atoms with E-state index < -0.39 is 85.0 Å². The summed E-state index contributed by atoms with van der Waals surface area (Å²) in [5, 5.41) is 64.7. The highest BCUT2D eigenvalue weighted by Crippen LogP contribution is 2.47. The smallest absolute Gasteiger partial charge is 0.302 e. The maximum absolute atomic E-state index is 13.6. The number of aliphatic hydroxyl groups excluding tert-OH is 5. The first-order chi connectivity index (χ1) is 22.8. The van der Waals surface area contributed by atoms with Crippen molar-refractivity contribution < 1.29 is 73.0 Å². The van der Waals surface area contributed by atoms with Crippen molar-refractivity contribution in [2.24, 2.45) is 0 Å². The van der Waals surface area contributed by atoms with E-state index in [0.29, 0.717) is 17.1 Å². The van der Waals surface area contributed by atoms with E-state index >= 15 is 0 Å². The highest BCUT2D eigenvalue weighted by atomic mass is 16.7. The van der Waals surface area contributed by atoms with Gasteiger partial charge in [-0.2, -0.15) is 0 Å². The largest absolute Gasteiger partial charge is 0.506 e. The van der Waals surface area contributed by atoms with Crippen LogP contribution in [0.1, 0.15) is 25.5 Å². The Labute approximate surface area is 273 Å². The lowest BCUT2D eigenvalue weighted by atomic mass is 9.89. The number of ether oxygens (including phenoxy) is 7. The van der Waals surface area contributed by atoms with E-state index in [0.717, 1.165) is 13.0 Å². The Bertz CT molecular complexity index is 1690. The van der Waals surface area contributed by atoms with E-state index in [4.69, 9.17) is 37.6 Å². The maximum Gasteiger partial charge on any atom is 0.302 e. The van der Waals surface area contributed by atoms with E-state index in [-0.39, 0.29) is 28.0 Å². The summed E-state index contributed by atoms with van der Waals surface area (Å²) in [4.78, 5) is 25.1. The van der Waals surface area contributed by atoms with Crippen molar-refractivity contribution >= 4 is 16.9 Å². The molecule has 0 bridgehead atoms. The van der Waals surface area contributed by atoms with Gasteiger partial charge in [0.25, 0.3) is 0 Å². The lowest BCUT2D eigenvalue weighted by Gasteiger charge is -2.46. The van der Waals surface area contributed by atoms with Crippen molar-refractivity contribution in [3.05, 3.63) is 46.1 Å². The number of carbonyl (C=O) groups excluding carboxylic acids is 1. The molecule has 10 atom stereocenters. The molecule has 1 aromatic heterocycles. The van der Waals surface area contributed by atoms with Gasteiger partial charge < -0.3 is 68.2 Å². The summed E-state index contributed by atoms with van der Waals surface area (Å²) in [6, 6.07) is 7.32. The number of aliphatic hydroxyl groups is 5. The molecule has 2 aromatic carbocycles. The molecule has 3 heterocycles. The second kappa shape index (κ2) is 14.2. The van der Waals surface area contributed by atoms with Crippen LogP contribution in [0.3, 0.4) is 0 Å². The summed E-state index contributed by atoms with van der Waals surface area (Å²) < 4.78 is 44.7. The molecule has 0 amide bonds. The van der Waals surface area contributed by atoms with E-state index in [9.17, 15) is 40.2 Å². The predicted molar refractivity (Wildman–Crippen MR) is 163 cm³/mol. The number of methoxy groups -OCH3 is 3. The molecule has 0 spiro atoms. The van der Waals surface area contributed by atoms with E-state index in [1.165, 1.54) is 34.3 Å². The number of carbonyl (C=O) groups is 1. The summed E-state index contributed by atoms with van der Waals surface area (Å²) in [6.45, 7) is 2.03. The molecule has 3 aromatic rings. The fourth-order valence-electron chi connectivity index (χ4n) is 5.81. The molecule has 5 rings (SSSR count). The Morgan fingerprint density at radius 1 is 0.833 bits per heavy atom. The second-order valence-electron chi connectivity index (χ2n) is 11.4. The minimum absolute atomic E-state index is 0.0901. The van der Waals surface area contributed by atoms with Crippen LogP contribution in [0.15, 0.2) is 39.5 Å². The highest BCUT2D eigenvalue weighted by molar-refractivity contribution is 5.88. The molecule has 0 unspecified atom stereocenters. The van der Waals surface area contributed by atoms with Gasteiger partial charge in [-0.3, -0.25) is 9.59 Å². The summed E-state index contributed by atoms with van der Waals surface area (Å²) in [6.07, 6.45) is -15.9. The van der Waals surface area contributed by atoms with Crippen molar-refractivity contribution in [2.75, 3.05) is 27.9 Å². The molecule has 16 heteroatoms. The second-order valence-corrected chi connectivity index (χ2v) is 11.4. The number of hydrogen-bond donors (Lipinski definition) is 6. The standard InChI is InChI=1S/C32H38O16/c1-12-24(35)27(38)29(40)32(45-12)48-31-28(39)25(36)21(11-44-13(2)33)47-30(31)23-19(43-5)10-20-22(26(23)37)15(34)9-17(46-20)14-6-7-16(41-3)18(8-14)42-4/h6-10,12,21,24-25,27-32,35-40H,11H2,1-5H3/t12-,21+,24-,25+,27+,28-,29+,30-,31+,32-/m0/s1. The Kier molecular flexibility index (Phi) is 10.5. The van der Waals surface area contributed by atoms with Gasteiger partial charge in [0.15, 0.2) is 23.2 Å².